The topological polar surface area (TPSA) is 57.5 Å². The zero-order valence-electron chi connectivity index (χ0n) is 13.6. The van der Waals surface area contributed by atoms with Gasteiger partial charge in [0.25, 0.3) is 0 Å². The molecule has 0 spiro atoms. The Balaban J connectivity index is 6.65. The average molecular weight is 470 g/mol. The molecule has 17 heteroatoms. The molecule has 0 aromatic rings. The van der Waals surface area contributed by atoms with E-state index in [0.717, 1.165) is 0 Å². The maximum atomic E-state index is 14.1. The van der Waals surface area contributed by atoms with Gasteiger partial charge in [-0.15, -0.1) is 0 Å². The fourth-order valence-corrected chi connectivity index (χ4v) is 3.37. The fraction of sp³-hybridized carbons (Fsp3) is 1.00. The van der Waals surface area contributed by atoms with Crippen LogP contribution in [0.3, 0.4) is 0 Å². The molecule has 0 aliphatic carbocycles. The van der Waals surface area contributed by atoms with Crippen LogP contribution in [0.15, 0.2) is 0 Å². The first kappa shape index (κ1) is 27.2. The molecule has 0 amide bonds. The van der Waals surface area contributed by atoms with Crippen LogP contribution in [0.25, 0.3) is 0 Å². The van der Waals surface area contributed by atoms with Crippen LogP contribution < -0.4 is 0 Å². The first-order valence-corrected chi connectivity index (χ1v) is 8.57. The molecule has 1 atom stereocenters. The van der Waals surface area contributed by atoms with Crippen molar-refractivity contribution in [1.29, 1.82) is 0 Å². The van der Waals surface area contributed by atoms with Gasteiger partial charge in [-0.2, -0.15) is 57.1 Å². The Labute approximate surface area is 148 Å². The third kappa shape index (κ3) is 3.83. The lowest BCUT2D eigenvalue weighted by Gasteiger charge is -2.45. The highest BCUT2D eigenvalue weighted by Crippen LogP contribution is 2.64. The van der Waals surface area contributed by atoms with Gasteiger partial charge in [-0.05, 0) is 6.42 Å². The van der Waals surface area contributed by atoms with E-state index >= 15 is 0 Å². The number of alkyl halides is 13. The third-order valence-corrected chi connectivity index (χ3v) is 5.14. The molecule has 0 saturated heterocycles. The van der Waals surface area contributed by atoms with Crippen LogP contribution >= 0.6 is 7.60 Å². The second kappa shape index (κ2) is 6.89. The summed E-state index contributed by atoms with van der Waals surface area (Å²) in [7, 11) is -5.70. The highest BCUT2D eigenvalue weighted by Gasteiger charge is 2.92. The molecule has 0 saturated carbocycles. The second-order valence-corrected chi connectivity index (χ2v) is 7.75. The van der Waals surface area contributed by atoms with Crippen LogP contribution in [0, 0.1) is 5.41 Å². The van der Waals surface area contributed by atoms with E-state index < -0.39 is 61.4 Å². The Bertz CT molecular complexity index is 624. The quantitative estimate of drug-likeness (QED) is 0.373. The van der Waals surface area contributed by atoms with Crippen LogP contribution in [0.5, 0.6) is 0 Å². The van der Waals surface area contributed by atoms with E-state index in [4.69, 9.17) is 9.79 Å². The molecule has 0 aliphatic heterocycles. The van der Waals surface area contributed by atoms with E-state index in [1.807, 2.05) is 0 Å². The van der Waals surface area contributed by atoms with E-state index in [1.54, 1.807) is 0 Å². The van der Waals surface area contributed by atoms with Gasteiger partial charge < -0.3 is 9.79 Å². The Morgan fingerprint density at radius 2 is 0.929 bits per heavy atom. The molecule has 0 rings (SSSR count). The smallest absolute Gasteiger partial charge is 0.324 e. The van der Waals surface area contributed by atoms with Gasteiger partial charge in [0.1, 0.15) is 0 Å². The summed E-state index contributed by atoms with van der Waals surface area (Å²) in [6.07, 6.45) is -11.3. The Morgan fingerprint density at radius 3 is 1.18 bits per heavy atom. The molecule has 0 fully saturated rings. The molecule has 2 N–H and O–H groups in total. The van der Waals surface area contributed by atoms with Gasteiger partial charge in [0.15, 0.2) is 0 Å². The van der Waals surface area contributed by atoms with Gasteiger partial charge in [0.05, 0.1) is 6.16 Å². The second-order valence-electron chi connectivity index (χ2n) is 6.11. The number of hydrogen-bond acceptors (Lipinski definition) is 1. The van der Waals surface area contributed by atoms with Crippen molar-refractivity contribution in [3.63, 3.8) is 0 Å². The number of hydrogen-bond donors (Lipinski definition) is 2. The van der Waals surface area contributed by atoms with Gasteiger partial charge in [-0.1, -0.05) is 13.8 Å². The molecular formula is C11H12F13O3P. The predicted octanol–water partition coefficient (Wildman–Crippen LogP) is 5.32. The monoisotopic (exact) mass is 470 g/mol. The predicted molar refractivity (Wildman–Crippen MR) is 66.1 cm³/mol. The summed E-state index contributed by atoms with van der Waals surface area (Å²) in [5.74, 6) is -38.0. The molecule has 0 aliphatic rings. The van der Waals surface area contributed by atoms with Crippen molar-refractivity contribution in [3.8, 4) is 0 Å². The summed E-state index contributed by atoms with van der Waals surface area (Å²) >= 11 is 0. The molecule has 3 nitrogen and oxygen atoms in total. The van der Waals surface area contributed by atoms with Crippen LogP contribution in [0.1, 0.15) is 20.3 Å². The SMILES string of the molecule is CCC(C)(CP(=O)(O)O)C(F)(F)C(F)(F)C(F)(F)C(F)(F)C(F)(F)C(F)(F)F. The Hall–Kier alpha value is -0.760. The van der Waals surface area contributed by atoms with Crippen molar-refractivity contribution in [1.82, 2.24) is 0 Å². The van der Waals surface area contributed by atoms with Crippen molar-refractivity contribution in [2.24, 2.45) is 5.41 Å². The van der Waals surface area contributed by atoms with Crippen LogP contribution in [-0.2, 0) is 4.57 Å². The Morgan fingerprint density at radius 1 is 0.643 bits per heavy atom. The van der Waals surface area contributed by atoms with E-state index in [0.29, 0.717) is 6.92 Å². The lowest BCUT2D eigenvalue weighted by atomic mass is 9.76. The van der Waals surface area contributed by atoms with E-state index in [-0.39, 0.29) is 6.92 Å². The summed E-state index contributed by atoms with van der Waals surface area (Å²) < 4.78 is 181. The number of rotatable bonds is 8. The van der Waals surface area contributed by atoms with Gasteiger partial charge >= 0.3 is 43.4 Å². The van der Waals surface area contributed by atoms with Gasteiger partial charge in [0, 0.05) is 5.41 Å². The summed E-state index contributed by atoms with van der Waals surface area (Å²) in [5, 5.41) is 0. The molecule has 0 aromatic heterocycles. The zero-order chi connectivity index (χ0) is 23.4. The van der Waals surface area contributed by atoms with Crippen molar-refractivity contribution in [2.45, 2.75) is 56.1 Å². The zero-order valence-corrected chi connectivity index (χ0v) is 14.5. The van der Waals surface area contributed by atoms with E-state index in [1.165, 1.54) is 0 Å². The first-order valence-electron chi connectivity index (χ1n) is 6.77. The van der Waals surface area contributed by atoms with Gasteiger partial charge in [0.2, 0.25) is 0 Å². The Kier molecular flexibility index (Phi) is 6.71. The molecule has 0 heterocycles. The molecule has 0 radical (unpaired) electrons. The minimum absolute atomic E-state index is 0.157. The minimum atomic E-state index is -8.05. The first-order chi connectivity index (χ1) is 11.8. The van der Waals surface area contributed by atoms with Crippen molar-refractivity contribution in [3.05, 3.63) is 0 Å². The standard InChI is InChI=1S/C11H12F13O3P/c1-3-5(2,4-28(25,26)27)6(12,13)7(14,15)8(16,17)9(18,19)10(20,21)11(22,23)24/h3-4H2,1-2H3,(H2,25,26,27). The maximum Gasteiger partial charge on any atom is 0.460 e. The molecule has 28 heavy (non-hydrogen) atoms. The summed E-state index contributed by atoms with van der Waals surface area (Å²) in [4.78, 5) is 17.3. The van der Waals surface area contributed by atoms with E-state index in [2.05, 4.69) is 0 Å². The van der Waals surface area contributed by atoms with Crippen LogP contribution in [0.2, 0.25) is 0 Å². The third-order valence-electron chi connectivity index (χ3n) is 4.03. The minimum Gasteiger partial charge on any atom is -0.324 e. The van der Waals surface area contributed by atoms with Crippen molar-refractivity contribution >= 4 is 7.60 Å². The summed E-state index contributed by atoms with van der Waals surface area (Å²) in [6, 6.07) is 0. The van der Waals surface area contributed by atoms with Crippen LogP contribution in [-0.4, -0.2) is 51.7 Å². The van der Waals surface area contributed by atoms with Gasteiger partial charge in [-0.25, -0.2) is 0 Å². The molecule has 0 bridgehead atoms. The lowest BCUT2D eigenvalue weighted by Crippen LogP contribution is -2.72. The maximum absolute atomic E-state index is 14.1. The highest BCUT2D eigenvalue weighted by atomic mass is 31.2. The lowest BCUT2D eigenvalue weighted by molar-refractivity contribution is -0.446. The van der Waals surface area contributed by atoms with Crippen molar-refractivity contribution in [2.75, 3.05) is 6.16 Å². The summed E-state index contributed by atoms with van der Waals surface area (Å²) in [6.45, 7) is 0.330. The molecule has 0 aromatic carbocycles. The fourth-order valence-electron chi connectivity index (χ4n) is 2.04. The van der Waals surface area contributed by atoms with Crippen molar-refractivity contribution < 1.29 is 71.4 Å². The normalized spacial score (nSPS) is 18.2. The van der Waals surface area contributed by atoms with E-state index in [9.17, 15) is 61.6 Å². The molecule has 1 unspecified atom stereocenters. The highest BCUT2D eigenvalue weighted by molar-refractivity contribution is 7.51. The van der Waals surface area contributed by atoms with Gasteiger partial charge in [-0.3, -0.25) is 4.57 Å². The number of halogens is 13. The average Bonchev–Trinajstić information content (AvgIpc) is 2.42. The summed E-state index contributed by atoms with van der Waals surface area (Å²) in [5.41, 5.74) is -3.90. The largest absolute Gasteiger partial charge is 0.460 e. The van der Waals surface area contributed by atoms with Crippen LogP contribution in [0.4, 0.5) is 57.1 Å². The molecule has 170 valence electrons. The molecular weight excluding hydrogens is 458 g/mol.